The molecular weight excluding hydrogens is 252 g/mol. The van der Waals surface area contributed by atoms with Gasteiger partial charge in [0.15, 0.2) is 5.96 Å². The van der Waals surface area contributed by atoms with E-state index in [2.05, 4.69) is 22.0 Å². The summed E-state index contributed by atoms with van der Waals surface area (Å²) in [7, 11) is 0. The van der Waals surface area contributed by atoms with E-state index in [-0.39, 0.29) is 0 Å². The average molecular weight is 280 g/mol. The van der Waals surface area contributed by atoms with Gasteiger partial charge >= 0.3 is 0 Å². The van der Waals surface area contributed by atoms with Crippen LogP contribution in [0.5, 0.6) is 0 Å². The van der Waals surface area contributed by atoms with E-state index < -0.39 is 0 Å². The molecule has 0 bridgehead atoms. The molecule has 0 aromatic rings. The van der Waals surface area contributed by atoms with E-state index in [4.69, 9.17) is 9.73 Å². The number of nitrogens with one attached hydrogen (secondary N) is 1. The van der Waals surface area contributed by atoms with Gasteiger partial charge < -0.3 is 19.9 Å². The van der Waals surface area contributed by atoms with Crippen molar-refractivity contribution in [2.45, 2.75) is 26.2 Å². The van der Waals surface area contributed by atoms with Gasteiger partial charge in [0.05, 0.1) is 13.2 Å². The van der Waals surface area contributed by atoms with Crippen LogP contribution in [0.2, 0.25) is 0 Å². The molecule has 1 atom stereocenters. The predicted molar refractivity (Wildman–Crippen MR) is 81.1 cm³/mol. The third-order valence-corrected chi connectivity index (χ3v) is 4.88. The summed E-state index contributed by atoms with van der Waals surface area (Å²) in [5.41, 5.74) is 0.410. The van der Waals surface area contributed by atoms with Crippen molar-refractivity contribution in [3.63, 3.8) is 0 Å². The molecule has 0 aromatic carbocycles. The maximum absolute atomic E-state index is 5.61. The van der Waals surface area contributed by atoms with Crippen molar-refractivity contribution in [2.75, 3.05) is 59.0 Å². The van der Waals surface area contributed by atoms with Crippen molar-refractivity contribution < 1.29 is 4.74 Å². The third kappa shape index (κ3) is 3.09. The Hall–Kier alpha value is -0.810. The van der Waals surface area contributed by atoms with Crippen LogP contribution in [0.15, 0.2) is 4.99 Å². The van der Waals surface area contributed by atoms with Gasteiger partial charge in [-0.05, 0) is 39.3 Å². The topological polar surface area (TPSA) is 40.1 Å². The second-order valence-corrected chi connectivity index (χ2v) is 6.40. The first-order chi connectivity index (χ1) is 9.81. The Kier molecular flexibility index (Phi) is 4.46. The average Bonchev–Trinajstić information content (AvgIpc) is 3.02. The molecule has 5 nitrogen and oxygen atoms in total. The molecule has 0 aliphatic carbocycles. The van der Waals surface area contributed by atoms with Crippen LogP contribution in [-0.2, 0) is 4.74 Å². The lowest BCUT2D eigenvalue weighted by Crippen LogP contribution is -2.43. The molecule has 3 saturated heterocycles. The lowest BCUT2D eigenvalue weighted by atomic mass is 9.87. The molecule has 5 heteroatoms. The van der Waals surface area contributed by atoms with Crippen LogP contribution >= 0.6 is 0 Å². The molecular formula is C15H28N4O. The summed E-state index contributed by atoms with van der Waals surface area (Å²) in [5.74, 6) is 1.11. The minimum atomic E-state index is 0.410. The quantitative estimate of drug-likeness (QED) is 0.610. The van der Waals surface area contributed by atoms with Gasteiger partial charge in [0.1, 0.15) is 0 Å². The van der Waals surface area contributed by atoms with Crippen LogP contribution in [0.1, 0.15) is 26.2 Å². The summed E-state index contributed by atoms with van der Waals surface area (Å²) >= 11 is 0. The van der Waals surface area contributed by atoms with E-state index in [1.807, 2.05) is 0 Å². The van der Waals surface area contributed by atoms with Gasteiger partial charge in [0.2, 0.25) is 0 Å². The Morgan fingerprint density at radius 2 is 2.20 bits per heavy atom. The van der Waals surface area contributed by atoms with Crippen molar-refractivity contribution in [1.29, 1.82) is 0 Å². The zero-order chi connectivity index (χ0) is 13.8. The molecule has 1 N–H and O–H groups in total. The highest BCUT2D eigenvalue weighted by Crippen LogP contribution is 2.38. The highest BCUT2D eigenvalue weighted by atomic mass is 16.5. The van der Waals surface area contributed by atoms with Gasteiger partial charge in [-0.1, -0.05) is 0 Å². The van der Waals surface area contributed by atoms with Gasteiger partial charge in [-0.15, -0.1) is 0 Å². The van der Waals surface area contributed by atoms with Crippen molar-refractivity contribution in [3.8, 4) is 0 Å². The van der Waals surface area contributed by atoms with E-state index in [0.717, 1.165) is 51.9 Å². The number of likely N-dealkylation sites (tertiary alicyclic amines) is 2. The number of nitrogens with zero attached hydrogens (tertiary/aromatic N) is 3. The maximum atomic E-state index is 5.61. The molecule has 0 radical (unpaired) electrons. The first-order valence-corrected chi connectivity index (χ1v) is 8.15. The standard InChI is InChI=1S/C15H28N4O/c1-2-16-14(17-6-10-18-7-3-8-18)19-9-4-15(12-19)5-11-20-13-15/h2-13H2,1H3,(H,16,17). The minimum absolute atomic E-state index is 0.410. The van der Waals surface area contributed by atoms with Crippen molar-refractivity contribution in [1.82, 2.24) is 15.1 Å². The molecule has 0 amide bonds. The Balaban J connectivity index is 1.54. The molecule has 3 fully saturated rings. The first-order valence-electron chi connectivity index (χ1n) is 8.15. The van der Waals surface area contributed by atoms with Crippen LogP contribution in [0, 0.1) is 5.41 Å². The maximum Gasteiger partial charge on any atom is 0.193 e. The summed E-state index contributed by atoms with van der Waals surface area (Å²) in [6.45, 7) is 11.8. The summed E-state index contributed by atoms with van der Waals surface area (Å²) in [4.78, 5) is 9.74. The highest BCUT2D eigenvalue weighted by Gasteiger charge is 2.42. The largest absolute Gasteiger partial charge is 0.381 e. The monoisotopic (exact) mass is 280 g/mol. The molecule has 114 valence electrons. The third-order valence-electron chi connectivity index (χ3n) is 4.88. The molecule has 20 heavy (non-hydrogen) atoms. The molecule has 3 heterocycles. The van der Waals surface area contributed by atoms with Crippen molar-refractivity contribution in [3.05, 3.63) is 0 Å². The van der Waals surface area contributed by atoms with E-state index in [1.54, 1.807) is 0 Å². The van der Waals surface area contributed by atoms with Crippen LogP contribution < -0.4 is 5.32 Å². The normalized spacial score (nSPS) is 31.1. The van der Waals surface area contributed by atoms with Gasteiger partial charge in [0, 0.05) is 38.2 Å². The van der Waals surface area contributed by atoms with E-state index in [1.165, 1.54) is 32.4 Å². The highest BCUT2D eigenvalue weighted by molar-refractivity contribution is 5.80. The van der Waals surface area contributed by atoms with Gasteiger partial charge in [-0.2, -0.15) is 0 Å². The number of ether oxygens (including phenoxy) is 1. The van der Waals surface area contributed by atoms with Gasteiger partial charge in [0.25, 0.3) is 0 Å². The number of hydrogen-bond acceptors (Lipinski definition) is 3. The minimum Gasteiger partial charge on any atom is -0.381 e. The first kappa shape index (κ1) is 14.1. The van der Waals surface area contributed by atoms with Crippen molar-refractivity contribution >= 4 is 5.96 Å². The van der Waals surface area contributed by atoms with E-state index in [0.29, 0.717) is 5.41 Å². The fourth-order valence-electron chi connectivity index (χ4n) is 3.42. The Morgan fingerprint density at radius 3 is 2.85 bits per heavy atom. The number of guanidine groups is 1. The Labute approximate surface area is 122 Å². The lowest BCUT2D eigenvalue weighted by molar-refractivity contribution is 0.156. The smallest absolute Gasteiger partial charge is 0.193 e. The SMILES string of the molecule is CCNC(=NCCN1CCC1)N1CCC2(CCOC2)C1. The molecule has 3 aliphatic heterocycles. The number of hydrogen-bond donors (Lipinski definition) is 1. The fraction of sp³-hybridized carbons (Fsp3) is 0.933. The zero-order valence-corrected chi connectivity index (χ0v) is 12.7. The molecule has 3 aliphatic rings. The predicted octanol–water partition coefficient (Wildman–Crippen LogP) is 0.770. The molecule has 1 unspecified atom stereocenters. The Bertz CT molecular complexity index is 348. The Morgan fingerprint density at radius 1 is 1.30 bits per heavy atom. The van der Waals surface area contributed by atoms with Crippen LogP contribution in [0.4, 0.5) is 0 Å². The molecule has 0 saturated carbocycles. The summed E-state index contributed by atoms with van der Waals surface area (Å²) in [6, 6.07) is 0. The van der Waals surface area contributed by atoms with Gasteiger partial charge in [-0.25, -0.2) is 0 Å². The fourth-order valence-corrected chi connectivity index (χ4v) is 3.42. The lowest BCUT2D eigenvalue weighted by Gasteiger charge is -2.30. The summed E-state index contributed by atoms with van der Waals surface area (Å²) in [6.07, 6.45) is 3.83. The van der Waals surface area contributed by atoms with Gasteiger partial charge in [-0.3, -0.25) is 4.99 Å². The molecule has 1 spiro atoms. The van der Waals surface area contributed by atoms with E-state index >= 15 is 0 Å². The van der Waals surface area contributed by atoms with E-state index in [9.17, 15) is 0 Å². The second kappa shape index (κ2) is 6.31. The molecule has 0 aromatic heterocycles. The van der Waals surface area contributed by atoms with Crippen LogP contribution in [0.25, 0.3) is 0 Å². The summed E-state index contributed by atoms with van der Waals surface area (Å²) < 4.78 is 5.61. The molecule has 3 rings (SSSR count). The van der Waals surface area contributed by atoms with Crippen molar-refractivity contribution in [2.24, 2.45) is 10.4 Å². The zero-order valence-electron chi connectivity index (χ0n) is 12.7. The number of aliphatic imine (C=N–C) groups is 1. The second-order valence-electron chi connectivity index (χ2n) is 6.40. The summed E-state index contributed by atoms with van der Waals surface area (Å²) in [5, 5.41) is 3.46. The number of rotatable bonds is 4. The van der Waals surface area contributed by atoms with Crippen LogP contribution in [-0.4, -0.2) is 74.8 Å². The van der Waals surface area contributed by atoms with Crippen LogP contribution in [0.3, 0.4) is 0 Å².